The Morgan fingerprint density at radius 2 is 1.73 bits per heavy atom. The van der Waals surface area contributed by atoms with Gasteiger partial charge < -0.3 is 9.53 Å². The molecule has 1 saturated heterocycles. The van der Waals surface area contributed by atoms with Gasteiger partial charge in [0.15, 0.2) is 25.3 Å². The summed E-state index contributed by atoms with van der Waals surface area (Å²) in [7, 11) is -0.160. The Bertz CT molecular complexity index is 1160. The molecule has 2 aliphatic heterocycles. The zero-order valence-corrected chi connectivity index (χ0v) is 21.3. The van der Waals surface area contributed by atoms with Crippen molar-refractivity contribution in [3.05, 3.63) is 82.9 Å². The van der Waals surface area contributed by atoms with Gasteiger partial charge in [-0.15, -0.1) is 0 Å². The molecule has 0 spiro atoms. The Morgan fingerprint density at radius 3 is 2.27 bits per heavy atom. The van der Waals surface area contributed by atoms with Gasteiger partial charge in [0, 0.05) is 12.0 Å². The lowest BCUT2D eigenvalue weighted by atomic mass is 9.84. The van der Waals surface area contributed by atoms with Crippen LogP contribution in [0.3, 0.4) is 0 Å². The molecule has 2 heterocycles. The maximum Gasteiger partial charge on any atom is 0.351 e. The third-order valence-electron chi connectivity index (χ3n) is 8.03. The highest BCUT2D eigenvalue weighted by Crippen LogP contribution is 2.57. The molecule has 3 atom stereocenters. The molecule has 0 radical (unpaired) electrons. The van der Waals surface area contributed by atoms with Gasteiger partial charge in [0.25, 0.3) is 0 Å². The second-order valence-electron chi connectivity index (χ2n) is 11.0. The van der Waals surface area contributed by atoms with Crippen molar-refractivity contribution in [1.29, 1.82) is 0 Å². The van der Waals surface area contributed by atoms with Crippen LogP contribution < -0.4 is 0 Å². The van der Waals surface area contributed by atoms with E-state index in [4.69, 9.17) is 11.0 Å². The molecule has 1 fully saturated rings. The number of nitrogens with zero attached hydrogens (tertiary/aromatic N) is 2. The SMILES string of the molecule is [C-]#[N+]c1ccc([C@]23C[C@H](O[Si](C)(C)C(C)(C)C)C[N+]2(C)C(=O)C(c2ccccc2)=C3O)cc1. The van der Waals surface area contributed by atoms with Crippen LogP contribution >= 0.6 is 0 Å². The van der Waals surface area contributed by atoms with Crippen LogP contribution in [0.4, 0.5) is 5.69 Å². The summed E-state index contributed by atoms with van der Waals surface area (Å²) >= 11 is 0. The number of hydrogen-bond acceptors (Lipinski definition) is 3. The smallest absolute Gasteiger partial charge is 0.351 e. The van der Waals surface area contributed by atoms with Crippen molar-refractivity contribution in [2.45, 2.75) is 57.0 Å². The van der Waals surface area contributed by atoms with E-state index >= 15 is 0 Å². The Balaban J connectivity index is 1.88. The summed E-state index contributed by atoms with van der Waals surface area (Å²) < 4.78 is 6.82. The maximum atomic E-state index is 14.0. The van der Waals surface area contributed by atoms with Crippen LogP contribution in [-0.2, 0) is 14.8 Å². The third-order valence-corrected chi connectivity index (χ3v) is 12.6. The van der Waals surface area contributed by atoms with Crippen molar-refractivity contribution in [2.24, 2.45) is 0 Å². The molecule has 2 aromatic rings. The number of carbonyl (C=O) groups is 1. The Kier molecular flexibility index (Phi) is 5.44. The lowest BCUT2D eigenvalue weighted by molar-refractivity contribution is -0.871. The van der Waals surface area contributed by atoms with Crippen LogP contribution in [0.2, 0.25) is 18.1 Å². The first-order valence-corrected chi connectivity index (χ1v) is 14.3. The predicted molar refractivity (Wildman–Crippen MR) is 133 cm³/mol. The molecule has 1 unspecified atom stereocenters. The molecular formula is C27H33N2O3Si+. The molecule has 172 valence electrons. The summed E-state index contributed by atoms with van der Waals surface area (Å²) in [6.45, 7) is 18.9. The Labute approximate surface area is 197 Å². The van der Waals surface area contributed by atoms with Crippen molar-refractivity contribution >= 4 is 25.5 Å². The minimum absolute atomic E-state index is 0.0414. The van der Waals surface area contributed by atoms with Crippen LogP contribution in [0.25, 0.3) is 10.4 Å². The number of hydrogen-bond donors (Lipinski definition) is 1. The molecule has 2 aliphatic rings. The number of rotatable bonds is 4. The number of benzene rings is 2. The fourth-order valence-corrected chi connectivity index (χ4v) is 6.53. The molecule has 0 saturated carbocycles. The number of aliphatic hydroxyl groups excluding tert-OH is 1. The summed E-state index contributed by atoms with van der Waals surface area (Å²) in [5.41, 5.74) is 1.56. The normalized spacial score (nSPS) is 27.5. The molecule has 5 nitrogen and oxygen atoms in total. The first-order chi connectivity index (χ1) is 15.4. The first kappa shape index (κ1) is 23.4. The standard InChI is InChI=1S/C27H32N2O3Si/c1-26(2,3)33(6,7)32-22-17-27(20-13-15-21(28-4)16-14-20)24(30)23(19-11-9-8-10-12-19)25(31)29(27,5)18-22/h8-16,22H,17-18H2,1-3,5-7H3/p+1/t22-,27-,29?/m0/s1. The second-order valence-corrected chi connectivity index (χ2v) is 15.7. The monoisotopic (exact) mass is 461 g/mol. The van der Waals surface area contributed by atoms with Crippen molar-refractivity contribution < 1.29 is 18.8 Å². The number of quaternary nitrogens is 1. The van der Waals surface area contributed by atoms with Gasteiger partial charge in [-0.25, -0.2) is 14.1 Å². The molecule has 0 bridgehead atoms. The van der Waals surface area contributed by atoms with E-state index in [0.717, 1.165) is 11.1 Å². The molecule has 0 aromatic heterocycles. The molecule has 1 N–H and O–H groups in total. The molecule has 1 amide bonds. The third kappa shape index (κ3) is 3.38. The molecule has 6 heteroatoms. The fraction of sp³-hybridized carbons (Fsp3) is 0.407. The highest BCUT2D eigenvalue weighted by Gasteiger charge is 2.70. The van der Waals surface area contributed by atoms with Gasteiger partial charge in [0.2, 0.25) is 0 Å². The van der Waals surface area contributed by atoms with E-state index in [2.05, 4.69) is 38.7 Å². The largest absolute Gasteiger partial charge is 0.505 e. The lowest BCUT2D eigenvalue weighted by Gasteiger charge is -2.38. The van der Waals surface area contributed by atoms with Crippen molar-refractivity contribution in [1.82, 2.24) is 0 Å². The van der Waals surface area contributed by atoms with Crippen LogP contribution in [0.15, 0.2) is 60.4 Å². The van der Waals surface area contributed by atoms with Gasteiger partial charge in [0.05, 0.1) is 13.6 Å². The minimum Gasteiger partial charge on any atom is -0.505 e. The van der Waals surface area contributed by atoms with E-state index in [1.165, 1.54) is 0 Å². The van der Waals surface area contributed by atoms with E-state index in [9.17, 15) is 9.90 Å². The molecule has 33 heavy (non-hydrogen) atoms. The minimum atomic E-state index is -2.08. The number of fused-ring (bicyclic) bond motifs is 1. The molecular weight excluding hydrogens is 428 g/mol. The average Bonchev–Trinajstić information content (AvgIpc) is 3.14. The zero-order chi connectivity index (χ0) is 24.2. The molecule has 4 rings (SSSR count). The summed E-state index contributed by atoms with van der Waals surface area (Å²) in [5.74, 6) is 0.0207. The number of likely N-dealkylation sites (N-methyl/N-ethyl adjacent to an activating group) is 1. The number of aliphatic hydroxyl groups is 1. The Morgan fingerprint density at radius 1 is 1.12 bits per heavy atom. The van der Waals surface area contributed by atoms with Gasteiger partial charge in [-0.1, -0.05) is 75.4 Å². The predicted octanol–water partition coefficient (Wildman–Crippen LogP) is 6.18. The maximum absolute atomic E-state index is 14.0. The summed E-state index contributed by atoms with van der Waals surface area (Å²) in [6, 6.07) is 16.7. The van der Waals surface area contributed by atoms with E-state index in [0.29, 0.717) is 24.2 Å². The van der Waals surface area contributed by atoms with Crippen LogP contribution in [0.5, 0.6) is 0 Å². The van der Waals surface area contributed by atoms with Crippen LogP contribution in [-0.4, -0.2) is 43.5 Å². The lowest BCUT2D eigenvalue weighted by Crippen LogP contribution is -2.56. The van der Waals surface area contributed by atoms with E-state index in [-0.39, 0.29) is 27.3 Å². The van der Waals surface area contributed by atoms with Gasteiger partial charge in [-0.2, -0.15) is 0 Å². The number of carbonyl (C=O) groups excluding carboxylic acids is 1. The van der Waals surface area contributed by atoms with Gasteiger partial charge in [0.1, 0.15) is 18.2 Å². The fourth-order valence-electron chi connectivity index (χ4n) is 5.19. The van der Waals surface area contributed by atoms with Gasteiger partial charge in [-0.05, 0) is 23.7 Å². The second kappa shape index (κ2) is 7.66. The topological polar surface area (TPSA) is 50.9 Å². The number of amides is 1. The van der Waals surface area contributed by atoms with Crippen molar-refractivity contribution in [2.75, 3.05) is 13.6 Å². The summed E-state index contributed by atoms with van der Waals surface area (Å²) in [5, 5.41) is 11.8. The van der Waals surface area contributed by atoms with Gasteiger partial charge >= 0.3 is 5.91 Å². The highest BCUT2D eigenvalue weighted by atomic mass is 28.4. The highest BCUT2D eigenvalue weighted by molar-refractivity contribution is 6.74. The van der Waals surface area contributed by atoms with E-state index in [1.54, 1.807) is 12.1 Å². The van der Waals surface area contributed by atoms with E-state index in [1.807, 2.05) is 49.5 Å². The summed E-state index contributed by atoms with van der Waals surface area (Å²) in [6.07, 6.45) is 0.362. The van der Waals surface area contributed by atoms with Crippen LogP contribution in [0.1, 0.15) is 38.3 Å². The Hall–Kier alpha value is -2.72. The van der Waals surface area contributed by atoms with E-state index < -0.39 is 13.9 Å². The van der Waals surface area contributed by atoms with Crippen molar-refractivity contribution in [3.8, 4) is 0 Å². The molecule has 0 aliphatic carbocycles. The van der Waals surface area contributed by atoms with Crippen LogP contribution in [0, 0.1) is 6.57 Å². The zero-order valence-electron chi connectivity index (χ0n) is 20.3. The summed E-state index contributed by atoms with van der Waals surface area (Å²) in [4.78, 5) is 17.5. The quantitative estimate of drug-likeness (QED) is 0.336. The molecule has 2 aromatic carbocycles. The first-order valence-electron chi connectivity index (χ1n) is 11.4. The average molecular weight is 462 g/mol. The van der Waals surface area contributed by atoms with Crippen molar-refractivity contribution in [3.63, 3.8) is 0 Å². The van der Waals surface area contributed by atoms with Gasteiger partial charge in [-0.3, -0.25) is 0 Å².